The van der Waals surface area contributed by atoms with Gasteiger partial charge in [-0.1, -0.05) is 17.3 Å². The van der Waals surface area contributed by atoms with Crippen LogP contribution in [0.25, 0.3) is 0 Å². The van der Waals surface area contributed by atoms with Crippen LogP contribution in [0.15, 0.2) is 28.8 Å². The number of para-hydroxylation sites is 1. The van der Waals surface area contributed by atoms with E-state index in [0.29, 0.717) is 24.4 Å². The van der Waals surface area contributed by atoms with Crippen molar-refractivity contribution in [2.45, 2.75) is 19.6 Å². The summed E-state index contributed by atoms with van der Waals surface area (Å²) in [5.41, 5.74) is 3.62. The fourth-order valence-corrected chi connectivity index (χ4v) is 4.16. The van der Waals surface area contributed by atoms with Crippen molar-refractivity contribution in [2.24, 2.45) is 0 Å². The fourth-order valence-electron chi connectivity index (χ4n) is 3.08. The average molecular weight is 370 g/mol. The zero-order valence-corrected chi connectivity index (χ0v) is 15.9. The van der Waals surface area contributed by atoms with E-state index < -0.39 is 0 Å². The molecule has 7 heteroatoms. The van der Waals surface area contributed by atoms with Gasteiger partial charge in [-0.3, -0.25) is 4.79 Å². The molecule has 0 spiro atoms. The topological polar surface area (TPSA) is 73.4 Å². The molecule has 2 heterocycles. The number of nitriles is 1. The SMILES string of the molecule is Cc1noc(C)c1CSCC(=O)N1CCN(c2ccccc2C#N)CC1. The minimum absolute atomic E-state index is 0.162. The smallest absolute Gasteiger partial charge is 0.232 e. The number of benzene rings is 1. The summed E-state index contributed by atoms with van der Waals surface area (Å²) in [4.78, 5) is 16.5. The molecule has 1 amide bonds. The molecule has 1 saturated heterocycles. The number of hydrogen-bond acceptors (Lipinski definition) is 6. The monoisotopic (exact) mass is 370 g/mol. The van der Waals surface area contributed by atoms with Crippen LogP contribution in [0.5, 0.6) is 0 Å². The van der Waals surface area contributed by atoms with Crippen molar-refractivity contribution < 1.29 is 9.32 Å². The van der Waals surface area contributed by atoms with Crippen molar-refractivity contribution in [3.05, 3.63) is 46.8 Å². The predicted octanol–water partition coefficient (Wildman–Crippen LogP) is 2.75. The number of thioether (sulfide) groups is 1. The van der Waals surface area contributed by atoms with Crippen LogP contribution >= 0.6 is 11.8 Å². The second-order valence-corrected chi connectivity index (χ2v) is 7.28. The zero-order valence-electron chi connectivity index (χ0n) is 15.1. The molecule has 1 fully saturated rings. The molecule has 136 valence electrons. The molecule has 1 aromatic carbocycles. The minimum Gasteiger partial charge on any atom is -0.367 e. The molecule has 0 unspecified atom stereocenters. The first kappa shape index (κ1) is 18.3. The highest BCUT2D eigenvalue weighted by Gasteiger charge is 2.22. The maximum Gasteiger partial charge on any atom is 0.232 e. The van der Waals surface area contributed by atoms with E-state index in [-0.39, 0.29) is 5.91 Å². The van der Waals surface area contributed by atoms with Gasteiger partial charge in [0.2, 0.25) is 5.91 Å². The van der Waals surface area contributed by atoms with Crippen LogP contribution in [0.3, 0.4) is 0 Å². The van der Waals surface area contributed by atoms with Crippen LogP contribution in [0, 0.1) is 25.2 Å². The van der Waals surface area contributed by atoms with Gasteiger partial charge in [-0.25, -0.2) is 0 Å². The Morgan fingerprint density at radius 2 is 2.00 bits per heavy atom. The maximum absolute atomic E-state index is 12.5. The van der Waals surface area contributed by atoms with Crippen molar-refractivity contribution in [3.8, 4) is 6.07 Å². The second kappa shape index (κ2) is 8.28. The quantitative estimate of drug-likeness (QED) is 0.806. The number of rotatable bonds is 5. The van der Waals surface area contributed by atoms with E-state index in [4.69, 9.17) is 4.52 Å². The Morgan fingerprint density at radius 3 is 2.65 bits per heavy atom. The molecule has 2 aromatic rings. The largest absolute Gasteiger partial charge is 0.367 e. The molecule has 26 heavy (non-hydrogen) atoms. The molecule has 1 aromatic heterocycles. The molecule has 1 aliphatic rings. The predicted molar refractivity (Wildman–Crippen MR) is 102 cm³/mol. The van der Waals surface area contributed by atoms with E-state index in [0.717, 1.165) is 41.5 Å². The van der Waals surface area contributed by atoms with E-state index in [1.54, 1.807) is 11.8 Å². The van der Waals surface area contributed by atoms with Crippen LogP contribution < -0.4 is 4.90 Å². The van der Waals surface area contributed by atoms with Gasteiger partial charge in [-0.05, 0) is 26.0 Å². The molecular formula is C19H22N4O2S. The Kier molecular flexibility index (Phi) is 5.84. The van der Waals surface area contributed by atoms with Gasteiger partial charge in [0, 0.05) is 37.5 Å². The third-order valence-corrected chi connectivity index (χ3v) is 5.59. The fraction of sp³-hybridized carbons (Fsp3) is 0.421. The van der Waals surface area contributed by atoms with Crippen LogP contribution in [0.1, 0.15) is 22.6 Å². The molecule has 1 aliphatic heterocycles. The molecule has 0 N–H and O–H groups in total. The molecule has 6 nitrogen and oxygen atoms in total. The van der Waals surface area contributed by atoms with E-state index in [1.165, 1.54) is 0 Å². The number of amides is 1. The molecule has 3 rings (SSSR count). The first-order valence-electron chi connectivity index (χ1n) is 8.61. The molecule has 0 atom stereocenters. The highest BCUT2D eigenvalue weighted by Crippen LogP contribution is 2.22. The summed E-state index contributed by atoms with van der Waals surface area (Å²) in [6.45, 7) is 6.69. The summed E-state index contributed by atoms with van der Waals surface area (Å²) in [6.07, 6.45) is 0. The normalized spacial score (nSPS) is 14.3. The lowest BCUT2D eigenvalue weighted by atomic mass is 10.1. The Morgan fingerprint density at radius 1 is 1.27 bits per heavy atom. The summed E-state index contributed by atoms with van der Waals surface area (Å²) >= 11 is 1.60. The molecule has 0 radical (unpaired) electrons. The Labute approximate surface area is 157 Å². The lowest BCUT2D eigenvalue weighted by Gasteiger charge is -2.36. The van der Waals surface area contributed by atoms with Crippen molar-refractivity contribution in [1.82, 2.24) is 10.1 Å². The van der Waals surface area contributed by atoms with Gasteiger partial charge in [0.1, 0.15) is 11.8 Å². The standard InChI is InChI=1S/C19H22N4O2S/c1-14-17(15(2)25-21-14)12-26-13-19(24)23-9-7-22(8-10-23)18-6-4-3-5-16(18)11-20/h3-6H,7-10,12-13H2,1-2H3. The minimum atomic E-state index is 0.162. The van der Waals surface area contributed by atoms with Crippen LogP contribution in [-0.4, -0.2) is 47.9 Å². The molecular weight excluding hydrogens is 348 g/mol. The van der Waals surface area contributed by atoms with Crippen molar-refractivity contribution in [2.75, 3.05) is 36.8 Å². The van der Waals surface area contributed by atoms with Gasteiger partial charge < -0.3 is 14.3 Å². The van der Waals surface area contributed by atoms with Gasteiger partial charge in [-0.2, -0.15) is 5.26 Å². The van der Waals surface area contributed by atoms with E-state index in [2.05, 4.69) is 16.1 Å². The lowest BCUT2D eigenvalue weighted by Crippen LogP contribution is -2.49. The van der Waals surface area contributed by atoms with Crippen LogP contribution in [0.2, 0.25) is 0 Å². The van der Waals surface area contributed by atoms with Gasteiger partial charge >= 0.3 is 0 Å². The third-order valence-electron chi connectivity index (χ3n) is 4.65. The van der Waals surface area contributed by atoms with E-state index >= 15 is 0 Å². The lowest BCUT2D eigenvalue weighted by molar-refractivity contribution is -0.128. The van der Waals surface area contributed by atoms with Gasteiger partial charge in [0.15, 0.2) is 0 Å². The van der Waals surface area contributed by atoms with E-state index in [9.17, 15) is 10.1 Å². The number of anilines is 1. The second-order valence-electron chi connectivity index (χ2n) is 6.29. The van der Waals surface area contributed by atoms with Gasteiger partial charge in [-0.15, -0.1) is 11.8 Å². The third kappa shape index (κ3) is 4.02. The highest BCUT2D eigenvalue weighted by atomic mass is 32.2. The van der Waals surface area contributed by atoms with Gasteiger partial charge in [0.05, 0.1) is 22.7 Å². The summed E-state index contributed by atoms with van der Waals surface area (Å²) in [5, 5.41) is 13.2. The summed E-state index contributed by atoms with van der Waals surface area (Å²) < 4.78 is 5.15. The van der Waals surface area contributed by atoms with Crippen molar-refractivity contribution >= 4 is 23.4 Å². The van der Waals surface area contributed by atoms with Crippen LogP contribution in [-0.2, 0) is 10.5 Å². The zero-order chi connectivity index (χ0) is 18.5. The highest BCUT2D eigenvalue weighted by molar-refractivity contribution is 7.99. The molecule has 0 bridgehead atoms. The Balaban J connectivity index is 1.49. The summed E-state index contributed by atoms with van der Waals surface area (Å²) in [5.74, 6) is 2.18. The molecule has 0 aliphatic carbocycles. The Hall–Kier alpha value is -2.46. The van der Waals surface area contributed by atoms with Crippen molar-refractivity contribution in [3.63, 3.8) is 0 Å². The maximum atomic E-state index is 12.5. The summed E-state index contributed by atoms with van der Waals surface area (Å²) in [6, 6.07) is 9.85. The number of aromatic nitrogens is 1. The number of hydrogen-bond donors (Lipinski definition) is 0. The first-order chi connectivity index (χ1) is 12.6. The Bertz CT molecular complexity index is 800. The number of aryl methyl sites for hydroxylation is 2. The van der Waals surface area contributed by atoms with Gasteiger partial charge in [0.25, 0.3) is 0 Å². The number of carbonyl (C=O) groups is 1. The van der Waals surface area contributed by atoms with Crippen LogP contribution in [0.4, 0.5) is 5.69 Å². The average Bonchev–Trinajstić information content (AvgIpc) is 3.00. The number of piperazine rings is 1. The van der Waals surface area contributed by atoms with E-state index in [1.807, 2.05) is 43.0 Å². The van der Waals surface area contributed by atoms with Crippen molar-refractivity contribution in [1.29, 1.82) is 5.26 Å². The number of nitrogens with zero attached hydrogens (tertiary/aromatic N) is 4. The number of carbonyl (C=O) groups excluding carboxylic acids is 1. The first-order valence-corrected chi connectivity index (χ1v) is 9.77. The molecule has 0 saturated carbocycles. The summed E-state index contributed by atoms with van der Waals surface area (Å²) in [7, 11) is 0.